The van der Waals surface area contributed by atoms with Gasteiger partial charge in [0.05, 0.1) is 6.61 Å². The molecule has 5 nitrogen and oxygen atoms in total. The number of carbonyl (C=O) groups excluding carboxylic acids is 2. The van der Waals surface area contributed by atoms with E-state index in [1.165, 1.54) is 4.90 Å². The maximum atomic E-state index is 12.5. The summed E-state index contributed by atoms with van der Waals surface area (Å²) in [5, 5.41) is 0. The molecule has 0 saturated carbocycles. The Morgan fingerprint density at radius 1 is 1.04 bits per heavy atom. The highest BCUT2D eigenvalue weighted by Gasteiger charge is 2.50. The molecule has 1 aliphatic heterocycles. The summed E-state index contributed by atoms with van der Waals surface area (Å²) in [6.45, 7) is 1.97. The Hall–Kier alpha value is -2.82. The van der Waals surface area contributed by atoms with Crippen molar-refractivity contribution in [1.29, 1.82) is 0 Å². The van der Waals surface area contributed by atoms with E-state index in [4.69, 9.17) is 9.47 Å². The molecule has 1 aliphatic rings. The Kier molecular flexibility index (Phi) is 4.79. The molecular formula is C19H19NO4. The van der Waals surface area contributed by atoms with Crippen molar-refractivity contribution in [3.63, 3.8) is 0 Å². The van der Waals surface area contributed by atoms with Crippen LogP contribution in [0.1, 0.15) is 18.5 Å². The first-order chi connectivity index (χ1) is 11.7. The van der Waals surface area contributed by atoms with Gasteiger partial charge in [-0.3, -0.25) is 9.59 Å². The number of hydrogen-bond donors (Lipinski definition) is 0. The lowest BCUT2D eigenvalue weighted by molar-refractivity contribution is -0.170. The van der Waals surface area contributed by atoms with E-state index in [-0.39, 0.29) is 18.5 Å². The van der Waals surface area contributed by atoms with Crippen LogP contribution >= 0.6 is 0 Å². The molecule has 0 aliphatic carbocycles. The van der Waals surface area contributed by atoms with Gasteiger partial charge < -0.3 is 14.4 Å². The summed E-state index contributed by atoms with van der Waals surface area (Å²) in [6.07, 6.45) is -0.635. The largest absolute Gasteiger partial charge is 0.478 e. The van der Waals surface area contributed by atoms with Crippen LogP contribution in [-0.4, -0.2) is 36.0 Å². The molecule has 1 heterocycles. The van der Waals surface area contributed by atoms with Gasteiger partial charge in [0.15, 0.2) is 0 Å². The molecule has 124 valence electrons. The van der Waals surface area contributed by atoms with E-state index in [2.05, 4.69) is 0 Å². The van der Waals surface area contributed by atoms with Crippen LogP contribution in [0.5, 0.6) is 5.75 Å². The Labute approximate surface area is 140 Å². The van der Waals surface area contributed by atoms with Crippen LogP contribution in [0.4, 0.5) is 0 Å². The molecule has 0 aromatic heterocycles. The zero-order valence-electron chi connectivity index (χ0n) is 13.4. The number of likely N-dealkylation sites (tertiary alicyclic amines) is 1. The van der Waals surface area contributed by atoms with Crippen molar-refractivity contribution < 1.29 is 19.1 Å². The Morgan fingerprint density at radius 2 is 1.67 bits per heavy atom. The predicted octanol–water partition coefficient (Wildman–Crippen LogP) is 2.58. The van der Waals surface area contributed by atoms with Crippen molar-refractivity contribution in [2.75, 3.05) is 13.2 Å². The van der Waals surface area contributed by atoms with Gasteiger partial charge in [-0.2, -0.15) is 0 Å². The van der Waals surface area contributed by atoms with Crippen LogP contribution in [0.3, 0.4) is 0 Å². The van der Waals surface area contributed by atoms with Crippen molar-refractivity contribution in [1.82, 2.24) is 4.90 Å². The normalized spacial score (nSPS) is 19.5. The highest BCUT2D eigenvalue weighted by molar-refractivity contribution is 5.92. The molecule has 0 spiro atoms. The first-order valence-electron chi connectivity index (χ1n) is 7.93. The number of esters is 1. The fraction of sp³-hybridized carbons (Fsp3) is 0.263. The molecule has 3 rings (SSSR count). The smallest absolute Gasteiger partial charge is 0.325 e. The van der Waals surface area contributed by atoms with E-state index in [1.807, 2.05) is 60.7 Å². The van der Waals surface area contributed by atoms with Crippen LogP contribution in [-0.2, 0) is 14.3 Å². The van der Waals surface area contributed by atoms with Gasteiger partial charge >= 0.3 is 5.97 Å². The third kappa shape index (κ3) is 3.25. The van der Waals surface area contributed by atoms with Gasteiger partial charge in [0.25, 0.3) is 5.91 Å². The van der Waals surface area contributed by atoms with E-state index >= 15 is 0 Å². The molecule has 0 N–H and O–H groups in total. The lowest BCUT2D eigenvalue weighted by atomic mass is 9.90. The predicted molar refractivity (Wildman–Crippen MR) is 88.4 cm³/mol. The first-order valence-corrected chi connectivity index (χ1v) is 7.93. The molecule has 1 fully saturated rings. The van der Waals surface area contributed by atoms with E-state index in [0.717, 1.165) is 5.56 Å². The van der Waals surface area contributed by atoms with E-state index in [1.54, 1.807) is 6.92 Å². The fourth-order valence-electron chi connectivity index (χ4n) is 2.80. The zero-order chi connectivity index (χ0) is 16.9. The standard InChI is InChI=1S/C19H19NO4/c1-2-23-16(21)13-20-17(14-9-5-3-6-10-14)18(19(20)22)24-15-11-7-4-8-12-15/h3-12,17-18H,2,13H2,1H3. The summed E-state index contributed by atoms with van der Waals surface area (Å²) in [4.78, 5) is 25.8. The summed E-state index contributed by atoms with van der Waals surface area (Å²) in [5.41, 5.74) is 0.933. The number of para-hydroxylation sites is 1. The minimum atomic E-state index is -0.635. The Bertz CT molecular complexity index is 702. The van der Waals surface area contributed by atoms with E-state index < -0.39 is 12.1 Å². The summed E-state index contributed by atoms with van der Waals surface area (Å²) in [6, 6.07) is 18.5. The third-order valence-electron chi connectivity index (χ3n) is 3.90. The molecule has 2 atom stereocenters. The van der Waals surface area contributed by atoms with E-state index in [9.17, 15) is 9.59 Å². The maximum absolute atomic E-state index is 12.5. The van der Waals surface area contributed by atoms with Crippen LogP contribution < -0.4 is 4.74 Å². The van der Waals surface area contributed by atoms with Crippen molar-refractivity contribution in [3.05, 3.63) is 66.2 Å². The van der Waals surface area contributed by atoms with Gasteiger partial charge in [0, 0.05) is 0 Å². The quantitative estimate of drug-likeness (QED) is 0.605. The highest BCUT2D eigenvalue weighted by Crippen LogP contribution is 2.37. The minimum Gasteiger partial charge on any atom is -0.478 e. The molecule has 0 radical (unpaired) electrons. The second-order valence-corrected chi connectivity index (χ2v) is 5.48. The molecule has 2 aromatic rings. The second kappa shape index (κ2) is 7.17. The average Bonchev–Trinajstić information content (AvgIpc) is 2.62. The van der Waals surface area contributed by atoms with Crippen LogP contribution in [0.15, 0.2) is 60.7 Å². The summed E-state index contributed by atoms with van der Waals surface area (Å²) >= 11 is 0. The van der Waals surface area contributed by atoms with E-state index in [0.29, 0.717) is 12.4 Å². The van der Waals surface area contributed by atoms with Crippen LogP contribution in [0, 0.1) is 0 Å². The number of hydrogen-bond acceptors (Lipinski definition) is 4. The number of carbonyl (C=O) groups is 2. The van der Waals surface area contributed by atoms with Crippen molar-refractivity contribution >= 4 is 11.9 Å². The lowest BCUT2D eigenvalue weighted by Gasteiger charge is -2.46. The highest BCUT2D eigenvalue weighted by atomic mass is 16.5. The van der Waals surface area contributed by atoms with Crippen molar-refractivity contribution in [2.45, 2.75) is 19.1 Å². The number of amides is 1. The number of ether oxygens (including phenoxy) is 2. The first kappa shape index (κ1) is 16.1. The number of benzene rings is 2. The molecule has 0 bridgehead atoms. The van der Waals surface area contributed by atoms with Gasteiger partial charge in [0.2, 0.25) is 6.10 Å². The molecule has 1 saturated heterocycles. The molecule has 2 aromatic carbocycles. The maximum Gasteiger partial charge on any atom is 0.325 e. The monoisotopic (exact) mass is 325 g/mol. The van der Waals surface area contributed by atoms with Crippen molar-refractivity contribution in [2.24, 2.45) is 0 Å². The third-order valence-corrected chi connectivity index (χ3v) is 3.90. The zero-order valence-corrected chi connectivity index (χ0v) is 13.4. The molecule has 24 heavy (non-hydrogen) atoms. The lowest BCUT2D eigenvalue weighted by Crippen LogP contribution is -2.62. The topological polar surface area (TPSA) is 55.8 Å². The fourth-order valence-corrected chi connectivity index (χ4v) is 2.80. The molecular weight excluding hydrogens is 306 g/mol. The van der Waals surface area contributed by atoms with Crippen LogP contribution in [0.25, 0.3) is 0 Å². The SMILES string of the molecule is CCOC(=O)CN1C(=O)C(Oc2ccccc2)C1c1ccccc1. The summed E-state index contributed by atoms with van der Waals surface area (Å²) < 4.78 is 10.8. The number of nitrogens with zero attached hydrogens (tertiary/aromatic N) is 1. The number of β-lactam (4-membered cyclic amide) rings is 1. The van der Waals surface area contributed by atoms with Gasteiger partial charge in [-0.25, -0.2) is 0 Å². The Morgan fingerprint density at radius 3 is 2.29 bits per heavy atom. The minimum absolute atomic E-state index is 0.0686. The second-order valence-electron chi connectivity index (χ2n) is 5.48. The molecule has 2 unspecified atom stereocenters. The molecule has 1 amide bonds. The molecule has 5 heteroatoms. The average molecular weight is 325 g/mol. The van der Waals surface area contributed by atoms with Gasteiger partial charge in [0.1, 0.15) is 18.3 Å². The van der Waals surface area contributed by atoms with Gasteiger partial charge in [-0.1, -0.05) is 48.5 Å². The summed E-state index contributed by atoms with van der Waals surface area (Å²) in [5.74, 6) is 0.0123. The summed E-state index contributed by atoms with van der Waals surface area (Å²) in [7, 11) is 0. The van der Waals surface area contributed by atoms with Crippen LogP contribution in [0.2, 0.25) is 0 Å². The Balaban J connectivity index is 1.80. The van der Waals surface area contributed by atoms with Crippen molar-refractivity contribution in [3.8, 4) is 5.75 Å². The number of rotatable bonds is 6. The van der Waals surface area contributed by atoms with Gasteiger partial charge in [-0.05, 0) is 24.6 Å². The van der Waals surface area contributed by atoms with Gasteiger partial charge in [-0.15, -0.1) is 0 Å².